The van der Waals surface area contributed by atoms with E-state index in [-0.39, 0.29) is 5.56 Å². The zero-order chi connectivity index (χ0) is 12.3. The van der Waals surface area contributed by atoms with E-state index >= 15 is 0 Å². The highest BCUT2D eigenvalue weighted by Gasteiger charge is 2.20. The number of benzene rings is 1. The molecule has 5 heteroatoms. The largest absolute Gasteiger partial charge is 0.307 e. The third-order valence-corrected chi connectivity index (χ3v) is 2.43. The van der Waals surface area contributed by atoms with Crippen molar-refractivity contribution in [3.05, 3.63) is 59.7 Å². The van der Waals surface area contributed by atoms with Gasteiger partial charge in [-0.05, 0) is 19.2 Å². The van der Waals surface area contributed by atoms with E-state index in [4.69, 9.17) is 0 Å². The summed E-state index contributed by atoms with van der Waals surface area (Å²) in [5, 5.41) is 2.87. The molecule has 0 amide bonds. The van der Waals surface area contributed by atoms with Crippen molar-refractivity contribution in [2.24, 2.45) is 0 Å². The lowest BCUT2D eigenvalue weighted by molar-refractivity contribution is 0.483. The van der Waals surface area contributed by atoms with Crippen LogP contribution in [0.3, 0.4) is 0 Å². The molecule has 0 fully saturated rings. The van der Waals surface area contributed by atoms with Gasteiger partial charge in [0.15, 0.2) is 11.6 Å². The highest BCUT2D eigenvalue weighted by Crippen LogP contribution is 2.22. The number of nitrogens with zero attached hydrogens (tertiary/aromatic N) is 2. The Morgan fingerprint density at radius 2 is 1.82 bits per heavy atom. The molecule has 0 aliphatic carbocycles. The molecule has 1 unspecified atom stereocenters. The van der Waals surface area contributed by atoms with Gasteiger partial charge in [0.05, 0.1) is 6.04 Å². The number of halogens is 2. The Labute approximate surface area is 97.5 Å². The van der Waals surface area contributed by atoms with Crippen LogP contribution in [0.4, 0.5) is 8.78 Å². The zero-order valence-electron chi connectivity index (χ0n) is 9.19. The Kier molecular flexibility index (Phi) is 3.39. The van der Waals surface area contributed by atoms with E-state index in [1.54, 1.807) is 25.5 Å². The van der Waals surface area contributed by atoms with Gasteiger partial charge in [-0.15, -0.1) is 0 Å². The van der Waals surface area contributed by atoms with E-state index in [2.05, 4.69) is 15.3 Å². The summed E-state index contributed by atoms with van der Waals surface area (Å²) in [6.45, 7) is 0. The number of hydrogen-bond acceptors (Lipinski definition) is 3. The lowest BCUT2D eigenvalue weighted by atomic mass is 10.1. The molecule has 88 valence electrons. The summed E-state index contributed by atoms with van der Waals surface area (Å²) in [6.07, 6.45) is 3.12. The molecule has 3 nitrogen and oxygen atoms in total. The van der Waals surface area contributed by atoms with Crippen molar-refractivity contribution in [3.63, 3.8) is 0 Å². The lowest BCUT2D eigenvalue weighted by Crippen LogP contribution is -2.21. The fraction of sp³-hybridized carbons (Fsp3) is 0.167. The number of hydrogen-bond donors (Lipinski definition) is 1. The van der Waals surface area contributed by atoms with Crippen LogP contribution in [0.2, 0.25) is 0 Å². The first-order valence-electron chi connectivity index (χ1n) is 5.12. The first kappa shape index (κ1) is 11.6. The van der Waals surface area contributed by atoms with Crippen molar-refractivity contribution < 1.29 is 8.78 Å². The molecule has 0 spiro atoms. The van der Waals surface area contributed by atoms with Crippen molar-refractivity contribution in [2.45, 2.75) is 6.04 Å². The standard InChI is InChI=1S/C12H11F2N3/c1-15-11(12-16-6-3-7-17-12)8-4-2-5-9(13)10(8)14/h2-7,11,15H,1H3. The predicted molar refractivity (Wildman–Crippen MR) is 59.3 cm³/mol. The maximum Gasteiger partial charge on any atom is 0.164 e. The fourth-order valence-electron chi connectivity index (χ4n) is 1.63. The molecule has 1 aromatic carbocycles. The molecule has 0 saturated heterocycles. The van der Waals surface area contributed by atoms with Crippen LogP contribution in [0.5, 0.6) is 0 Å². The topological polar surface area (TPSA) is 37.8 Å². The number of aromatic nitrogens is 2. The molecule has 0 radical (unpaired) electrons. The molecule has 1 atom stereocenters. The van der Waals surface area contributed by atoms with Gasteiger partial charge in [-0.3, -0.25) is 0 Å². The van der Waals surface area contributed by atoms with Crippen LogP contribution in [0.1, 0.15) is 17.4 Å². The summed E-state index contributed by atoms with van der Waals surface area (Å²) >= 11 is 0. The molecule has 2 aromatic rings. The highest BCUT2D eigenvalue weighted by molar-refractivity contribution is 5.27. The van der Waals surface area contributed by atoms with Crippen LogP contribution < -0.4 is 5.32 Å². The van der Waals surface area contributed by atoms with Crippen LogP contribution >= 0.6 is 0 Å². The summed E-state index contributed by atoms with van der Waals surface area (Å²) in [5.41, 5.74) is 0.193. The molecule has 1 N–H and O–H groups in total. The second-order valence-corrected chi connectivity index (χ2v) is 3.47. The normalized spacial score (nSPS) is 12.4. The minimum atomic E-state index is -0.876. The van der Waals surface area contributed by atoms with E-state index in [0.717, 1.165) is 6.07 Å². The maximum atomic E-state index is 13.7. The molecular formula is C12H11F2N3. The van der Waals surface area contributed by atoms with Crippen molar-refractivity contribution in [1.29, 1.82) is 0 Å². The second kappa shape index (κ2) is 4.97. The summed E-state index contributed by atoms with van der Waals surface area (Å²) < 4.78 is 26.8. The quantitative estimate of drug-likeness (QED) is 0.884. The summed E-state index contributed by atoms with van der Waals surface area (Å²) in [5.74, 6) is -1.35. The van der Waals surface area contributed by atoms with Crippen LogP contribution in [0, 0.1) is 11.6 Å². The van der Waals surface area contributed by atoms with Gasteiger partial charge in [0.2, 0.25) is 0 Å². The number of nitrogens with one attached hydrogen (secondary N) is 1. The third-order valence-electron chi connectivity index (χ3n) is 2.43. The minimum Gasteiger partial charge on any atom is -0.307 e. The smallest absolute Gasteiger partial charge is 0.164 e. The monoisotopic (exact) mass is 235 g/mol. The van der Waals surface area contributed by atoms with Crippen molar-refractivity contribution >= 4 is 0 Å². The highest BCUT2D eigenvalue weighted by atomic mass is 19.2. The summed E-state index contributed by atoms with van der Waals surface area (Å²) in [7, 11) is 1.64. The maximum absolute atomic E-state index is 13.7. The lowest BCUT2D eigenvalue weighted by Gasteiger charge is -2.15. The van der Waals surface area contributed by atoms with Crippen molar-refractivity contribution in [2.75, 3.05) is 7.05 Å². The summed E-state index contributed by atoms with van der Waals surface area (Å²) in [4.78, 5) is 8.07. The zero-order valence-corrected chi connectivity index (χ0v) is 9.19. The van der Waals surface area contributed by atoms with Gasteiger partial charge >= 0.3 is 0 Å². The Morgan fingerprint density at radius 1 is 1.12 bits per heavy atom. The molecule has 2 rings (SSSR count). The van der Waals surface area contributed by atoms with Gasteiger partial charge in [0.1, 0.15) is 5.82 Å². The molecule has 1 heterocycles. The SMILES string of the molecule is CNC(c1ncccn1)c1cccc(F)c1F. The first-order valence-corrected chi connectivity index (χ1v) is 5.12. The Bertz CT molecular complexity index is 502. The molecule has 0 aliphatic rings. The van der Waals surface area contributed by atoms with Crippen LogP contribution in [-0.2, 0) is 0 Å². The number of rotatable bonds is 3. The van der Waals surface area contributed by atoms with E-state index in [1.807, 2.05) is 0 Å². The van der Waals surface area contributed by atoms with Crippen LogP contribution in [0.15, 0.2) is 36.7 Å². The van der Waals surface area contributed by atoms with E-state index in [0.29, 0.717) is 5.82 Å². The molecular weight excluding hydrogens is 224 g/mol. The predicted octanol–water partition coefficient (Wildman–Crippen LogP) is 2.06. The average Bonchev–Trinajstić information content (AvgIpc) is 2.37. The first-order chi connectivity index (χ1) is 8.24. The van der Waals surface area contributed by atoms with E-state index in [1.165, 1.54) is 12.1 Å². The van der Waals surface area contributed by atoms with Gasteiger partial charge < -0.3 is 5.32 Å². The Morgan fingerprint density at radius 3 is 2.47 bits per heavy atom. The van der Waals surface area contributed by atoms with E-state index in [9.17, 15) is 8.78 Å². The van der Waals surface area contributed by atoms with Gasteiger partial charge in [-0.25, -0.2) is 18.7 Å². The van der Waals surface area contributed by atoms with E-state index < -0.39 is 17.7 Å². The van der Waals surface area contributed by atoms with Crippen molar-refractivity contribution in [3.8, 4) is 0 Å². The van der Waals surface area contributed by atoms with Crippen LogP contribution in [0.25, 0.3) is 0 Å². The Hall–Kier alpha value is -1.88. The average molecular weight is 235 g/mol. The molecule has 0 aliphatic heterocycles. The fourth-order valence-corrected chi connectivity index (χ4v) is 1.63. The second-order valence-electron chi connectivity index (χ2n) is 3.47. The molecule has 17 heavy (non-hydrogen) atoms. The molecule has 0 bridgehead atoms. The Balaban J connectivity index is 2.46. The minimum absolute atomic E-state index is 0.193. The molecule has 0 saturated carbocycles. The van der Waals surface area contributed by atoms with Crippen LogP contribution in [-0.4, -0.2) is 17.0 Å². The van der Waals surface area contributed by atoms with Crippen molar-refractivity contribution in [1.82, 2.24) is 15.3 Å². The summed E-state index contributed by atoms with van der Waals surface area (Å²) in [6, 6.07) is 5.15. The third kappa shape index (κ3) is 2.29. The van der Waals surface area contributed by atoms with Gasteiger partial charge in [-0.1, -0.05) is 12.1 Å². The molecule has 1 aromatic heterocycles. The van der Waals surface area contributed by atoms with Gasteiger partial charge in [-0.2, -0.15) is 0 Å². The van der Waals surface area contributed by atoms with Gasteiger partial charge in [0, 0.05) is 18.0 Å². The van der Waals surface area contributed by atoms with Gasteiger partial charge in [0.25, 0.3) is 0 Å².